The molecule has 0 saturated heterocycles. The van der Waals surface area contributed by atoms with Gasteiger partial charge in [0.05, 0.1) is 24.2 Å². The molecule has 4 rings (SSSR count). The molecule has 1 aromatic heterocycles. The Morgan fingerprint density at radius 2 is 1.81 bits per heavy atom. The van der Waals surface area contributed by atoms with E-state index in [0.717, 1.165) is 11.3 Å². The lowest BCUT2D eigenvalue weighted by molar-refractivity contribution is 0.0759. The number of para-hydroxylation sites is 2. The highest BCUT2D eigenvalue weighted by atomic mass is 32.2. The molecular formula is C19H19N3O4S. The Morgan fingerprint density at radius 1 is 1.07 bits per heavy atom. The van der Waals surface area contributed by atoms with Crippen LogP contribution in [-0.2, 0) is 22.3 Å². The largest absolute Gasteiger partial charge is 0.486 e. The van der Waals surface area contributed by atoms with E-state index >= 15 is 0 Å². The number of nitrogens with one attached hydrogen (secondary N) is 1. The van der Waals surface area contributed by atoms with Crippen LogP contribution in [0.1, 0.15) is 5.56 Å². The van der Waals surface area contributed by atoms with Gasteiger partial charge in [-0.15, -0.1) is 0 Å². The monoisotopic (exact) mass is 385 g/mol. The lowest BCUT2D eigenvalue weighted by Gasteiger charge is -2.26. The molecule has 1 aliphatic heterocycles. The van der Waals surface area contributed by atoms with Crippen LogP contribution in [0.3, 0.4) is 0 Å². The van der Waals surface area contributed by atoms with Crippen LogP contribution in [0, 0.1) is 0 Å². The molecule has 0 aliphatic carbocycles. The molecule has 1 unspecified atom stereocenters. The van der Waals surface area contributed by atoms with Gasteiger partial charge in [0.25, 0.3) is 0 Å². The van der Waals surface area contributed by atoms with Gasteiger partial charge in [0.15, 0.2) is 17.6 Å². The van der Waals surface area contributed by atoms with Crippen LogP contribution in [0.5, 0.6) is 11.5 Å². The normalized spacial score (nSPS) is 16.1. The third kappa shape index (κ3) is 4.40. The molecule has 0 amide bonds. The smallest absolute Gasteiger partial charge is 0.237 e. The minimum Gasteiger partial charge on any atom is -0.486 e. The molecule has 0 fully saturated rings. The zero-order valence-electron chi connectivity index (χ0n) is 14.5. The average Bonchev–Trinajstić information content (AvgIpc) is 3.08. The number of sulfonamides is 1. The average molecular weight is 385 g/mol. The van der Waals surface area contributed by atoms with Gasteiger partial charge in [0, 0.05) is 6.20 Å². The van der Waals surface area contributed by atoms with E-state index in [2.05, 4.69) is 9.82 Å². The SMILES string of the molecule is O=S(=O)(Cc1ccccc1)Nc1cnn(CC2COc3ccccc3O2)c1. The fourth-order valence-corrected chi connectivity index (χ4v) is 4.06. The van der Waals surface area contributed by atoms with Gasteiger partial charge in [-0.2, -0.15) is 5.10 Å². The van der Waals surface area contributed by atoms with Crippen LogP contribution < -0.4 is 14.2 Å². The first-order valence-corrected chi connectivity index (χ1v) is 10.2. The predicted octanol–water partition coefficient (Wildman–Crippen LogP) is 2.67. The lowest BCUT2D eigenvalue weighted by Crippen LogP contribution is -2.33. The Bertz CT molecular complexity index is 1020. The van der Waals surface area contributed by atoms with E-state index in [1.165, 1.54) is 6.20 Å². The van der Waals surface area contributed by atoms with E-state index in [0.29, 0.717) is 24.6 Å². The van der Waals surface area contributed by atoms with Crippen LogP contribution in [0.2, 0.25) is 0 Å². The summed E-state index contributed by atoms with van der Waals surface area (Å²) in [5.74, 6) is 1.34. The highest BCUT2D eigenvalue weighted by Gasteiger charge is 2.21. The number of hydrogen-bond acceptors (Lipinski definition) is 5. The summed E-state index contributed by atoms with van der Waals surface area (Å²) in [6, 6.07) is 16.5. The summed E-state index contributed by atoms with van der Waals surface area (Å²) in [4.78, 5) is 0. The zero-order valence-corrected chi connectivity index (χ0v) is 15.3. The second-order valence-corrected chi connectivity index (χ2v) is 8.02. The number of ether oxygens (including phenoxy) is 2. The summed E-state index contributed by atoms with van der Waals surface area (Å²) in [7, 11) is -3.51. The highest BCUT2D eigenvalue weighted by Crippen LogP contribution is 2.31. The van der Waals surface area contributed by atoms with Crippen molar-refractivity contribution < 1.29 is 17.9 Å². The molecule has 0 bridgehead atoms. The number of nitrogens with zero attached hydrogens (tertiary/aromatic N) is 2. The Labute approximate surface area is 157 Å². The van der Waals surface area contributed by atoms with Crippen molar-refractivity contribution in [3.63, 3.8) is 0 Å². The first kappa shape index (κ1) is 17.4. The molecule has 27 heavy (non-hydrogen) atoms. The number of fused-ring (bicyclic) bond motifs is 1. The quantitative estimate of drug-likeness (QED) is 0.705. The Hall–Kier alpha value is -3.00. The van der Waals surface area contributed by atoms with Crippen LogP contribution in [-0.4, -0.2) is 30.9 Å². The van der Waals surface area contributed by atoms with Crippen LogP contribution in [0.4, 0.5) is 5.69 Å². The third-order valence-electron chi connectivity index (χ3n) is 4.06. The van der Waals surface area contributed by atoms with Gasteiger partial charge in [0.2, 0.25) is 10.0 Å². The first-order chi connectivity index (χ1) is 13.1. The Kier molecular flexibility index (Phi) is 4.72. The molecule has 0 saturated carbocycles. The molecule has 0 radical (unpaired) electrons. The van der Waals surface area contributed by atoms with E-state index < -0.39 is 10.0 Å². The fourth-order valence-electron chi connectivity index (χ4n) is 2.89. The van der Waals surface area contributed by atoms with Crippen molar-refractivity contribution in [2.45, 2.75) is 18.4 Å². The van der Waals surface area contributed by atoms with Crippen molar-refractivity contribution >= 4 is 15.7 Å². The van der Waals surface area contributed by atoms with E-state index in [9.17, 15) is 8.42 Å². The van der Waals surface area contributed by atoms with Gasteiger partial charge in [-0.25, -0.2) is 8.42 Å². The molecule has 7 nitrogen and oxygen atoms in total. The fraction of sp³-hybridized carbons (Fsp3) is 0.211. The summed E-state index contributed by atoms with van der Waals surface area (Å²) >= 11 is 0. The number of anilines is 1. The lowest BCUT2D eigenvalue weighted by atomic mass is 10.2. The minimum absolute atomic E-state index is 0.0879. The maximum atomic E-state index is 12.3. The highest BCUT2D eigenvalue weighted by molar-refractivity contribution is 7.91. The van der Waals surface area contributed by atoms with Gasteiger partial charge in [-0.05, 0) is 17.7 Å². The van der Waals surface area contributed by atoms with Crippen LogP contribution >= 0.6 is 0 Å². The molecule has 1 atom stereocenters. The molecule has 0 spiro atoms. The first-order valence-electron chi connectivity index (χ1n) is 8.53. The number of hydrogen-bond donors (Lipinski definition) is 1. The summed E-state index contributed by atoms with van der Waals surface area (Å²) in [6.07, 6.45) is 2.93. The van der Waals surface area contributed by atoms with Crippen molar-refractivity contribution in [1.82, 2.24) is 9.78 Å². The topological polar surface area (TPSA) is 82.5 Å². The van der Waals surface area contributed by atoms with E-state index in [1.54, 1.807) is 23.0 Å². The summed E-state index contributed by atoms with van der Waals surface area (Å²) in [5, 5.41) is 4.21. The summed E-state index contributed by atoms with van der Waals surface area (Å²) < 4.78 is 40.4. The molecule has 140 valence electrons. The van der Waals surface area contributed by atoms with Crippen molar-refractivity contribution in [2.75, 3.05) is 11.3 Å². The third-order valence-corrected chi connectivity index (χ3v) is 5.32. The number of aromatic nitrogens is 2. The second kappa shape index (κ2) is 7.32. The molecule has 3 aromatic rings. The maximum absolute atomic E-state index is 12.3. The van der Waals surface area contributed by atoms with Crippen molar-refractivity contribution in [3.8, 4) is 11.5 Å². The van der Waals surface area contributed by atoms with E-state index in [1.807, 2.05) is 42.5 Å². The standard InChI is InChI=1S/C19H19N3O4S/c23-27(24,14-15-6-2-1-3-7-15)21-16-10-20-22(11-16)12-17-13-25-18-8-4-5-9-19(18)26-17/h1-11,17,21H,12-14H2. The van der Waals surface area contributed by atoms with E-state index in [-0.39, 0.29) is 11.9 Å². The Balaban J connectivity index is 1.38. The van der Waals surface area contributed by atoms with Crippen LogP contribution in [0.25, 0.3) is 0 Å². The van der Waals surface area contributed by atoms with E-state index in [4.69, 9.17) is 9.47 Å². The van der Waals surface area contributed by atoms with Crippen molar-refractivity contribution in [2.24, 2.45) is 0 Å². The van der Waals surface area contributed by atoms with Crippen molar-refractivity contribution in [3.05, 3.63) is 72.6 Å². The molecule has 1 N–H and O–H groups in total. The molecule has 2 aromatic carbocycles. The Morgan fingerprint density at radius 3 is 2.63 bits per heavy atom. The maximum Gasteiger partial charge on any atom is 0.237 e. The summed E-state index contributed by atoms with van der Waals surface area (Å²) in [5.41, 5.74) is 1.15. The van der Waals surface area contributed by atoms with Crippen LogP contribution in [0.15, 0.2) is 67.0 Å². The van der Waals surface area contributed by atoms with Gasteiger partial charge < -0.3 is 9.47 Å². The zero-order chi connectivity index (χ0) is 18.7. The van der Waals surface area contributed by atoms with Crippen molar-refractivity contribution in [1.29, 1.82) is 0 Å². The van der Waals surface area contributed by atoms with Gasteiger partial charge in [-0.1, -0.05) is 42.5 Å². The van der Waals surface area contributed by atoms with Gasteiger partial charge >= 0.3 is 0 Å². The van der Waals surface area contributed by atoms with Gasteiger partial charge in [0.1, 0.15) is 6.61 Å². The molecule has 2 heterocycles. The number of benzene rings is 2. The second-order valence-electron chi connectivity index (χ2n) is 6.30. The molecule has 1 aliphatic rings. The summed E-state index contributed by atoms with van der Waals surface area (Å²) in [6.45, 7) is 0.862. The molecule has 8 heteroatoms. The minimum atomic E-state index is -3.51. The predicted molar refractivity (Wildman–Crippen MR) is 101 cm³/mol. The molecular weight excluding hydrogens is 366 g/mol. The number of rotatable bonds is 6. The van der Waals surface area contributed by atoms with Gasteiger partial charge in [-0.3, -0.25) is 9.40 Å².